The Kier molecular flexibility index (Phi) is 3.64. The summed E-state index contributed by atoms with van der Waals surface area (Å²) in [5.41, 5.74) is 0. The summed E-state index contributed by atoms with van der Waals surface area (Å²) in [7, 11) is 0. The molecule has 1 aromatic heterocycles. The highest BCUT2D eigenvalue weighted by Crippen LogP contribution is 2.14. The Morgan fingerprint density at radius 3 is 2.71 bits per heavy atom. The van der Waals surface area contributed by atoms with Crippen molar-refractivity contribution in [1.29, 1.82) is 0 Å². The quantitative estimate of drug-likeness (QED) is 0.736. The topological polar surface area (TPSA) is 42.7 Å². The maximum absolute atomic E-state index is 12.1. The molecular weight excluding hydrogens is 218 g/mol. The molecule has 2 atom stereocenters. The highest BCUT2D eigenvalue weighted by molar-refractivity contribution is 5.91. The van der Waals surface area contributed by atoms with Crippen LogP contribution in [0.5, 0.6) is 0 Å². The van der Waals surface area contributed by atoms with E-state index in [0.29, 0.717) is 19.0 Å². The van der Waals surface area contributed by atoms with E-state index in [-0.39, 0.29) is 18.0 Å². The van der Waals surface area contributed by atoms with Crippen LogP contribution in [0.1, 0.15) is 19.6 Å². The molecule has 2 heterocycles. The second-order valence-electron chi connectivity index (χ2n) is 4.33. The number of ether oxygens (including phenoxy) is 1. The van der Waals surface area contributed by atoms with Crippen LogP contribution >= 0.6 is 0 Å². The van der Waals surface area contributed by atoms with Crippen molar-refractivity contribution in [3.05, 3.63) is 30.2 Å². The third-order valence-electron chi connectivity index (χ3n) is 2.86. The molecule has 0 spiro atoms. The molecule has 1 aliphatic rings. The van der Waals surface area contributed by atoms with Gasteiger partial charge in [0.25, 0.3) is 0 Å². The summed E-state index contributed by atoms with van der Waals surface area (Å²) in [6.07, 6.45) is 4.83. The van der Waals surface area contributed by atoms with Gasteiger partial charge in [-0.3, -0.25) is 4.79 Å². The lowest BCUT2D eigenvalue weighted by molar-refractivity contribution is -0.138. The predicted molar refractivity (Wildman–Crippen MR) is 64.3 cm³/mol. The van der Waals surface area contributed by atoms with Crippen molar-refractivity contribution < 1.29 is 13.9 Å². The van der Waals surface area contributed by atoms with Crippen LogP contribution in [0.3, 0.4) is 0 Å². The number of hydrogen-bond acceptors (Lipinski definition) is 3. The summed E-state index contributed by atoms with van der Waals surface area (Å²) in [4.78, 5) is 13.9. The fraction of sp³-hybridized carbons (Fsp3) is 0.462. The van der Waals surface area contributed by atoms with E-state index in [1.54, 1.807) is 24.5 Å². The number of nitrogens with zero attached hydrogens (tertiary/aromatic N) is 1. The summed E-state index contributed by atoms with van der Waals surface area (Å²) in [5.74, 6) is 0.691. The SMILES string of the molecule is CC1COCC(C)N1C(=O)C=Cc1ccco1. The summed E-state index contributed by atoms with van der Waals surface area (Å²) in [6, 6.07) is 3.85. The largest absolute Gasteiger partial charge is 0.465 e. The van der Waals surface area contributed by atoms with Crippen molar-refractivity contribution in [2.45, 2.75) is 25.9 Å². The maximum Gasteiger partial charge on any atom is 0.247 e. The van der Waals surface area contributed by atoms with Gasteiger partial charge in [-0.05, 0) is 32.1 Å². The van der Waals surface area contributed by atoms with Crippen molar-refractivity contribution in [3.63, 3.8) is 0 Å². The van der Waals surface area contributed by atoms with Gasteiger partial charge in [-0.1, -0.05) is 0 Å². The molecular formula is C13H17NO3. The fourth-order valence-corrected chi connectivity index (χ4v) is 2.06. The normalized spacial score (nSPS) is 25.4. The van der Waals surface area contributed by atoms with Crippen molar-refractivity contribution >= 4 is 12.0 Å². The Labute approximate surface area is 101 Å². The third kappa shape index (κ3) is 2.77. The Morgan fingerprint density at radius 2 is 2.12 bits per heavy atom. The van der Waals surface area contributed by atoms with Gasteiger partial charge < -0.3 is 14.1 Å². The van der Waals surface area contributed by atoms with Crippen molar-refractivity contribution in [2.24, 2.45) is 0 Å². The van der Waals surface area contributed by atoms with Crippen molar-refractivity contribution in [2.75, 3.05) is 13.2 Å². The van der Waals surface area contributed by atoms with E-state index in [1.165, 1.54) is 0 Å². The minimum absolute atomic E-state index is 0.00435. The standard InChI is InChI=1S/C13H17NO3/c1-10-8-16-9-11(2)14(10)13(15)6-5-12-4-3-7-17-12/h3-7,10-11H,8-9H2,1-2H3. The number of amides is 1. The molecule has 1 saturated heterocycles. The molecule has 1 aliphatic heterocycles. The van der Waals surface area contributed by atoms with Gasteiger partial charge in [0, 0.05) is 6.08 Å². The minimum Gasteiger partial charge on any atom is -0.465 e. The molecule has 92 valence electrons. The summed E-state index contributed by atoms with van der Waals surface area (Å²) < 4.78 is 10.5. The second kappa shape index (κ2) is 5.19. The molecule has 0 aliphatic carbocycles. The first kappa shape index (κ1) is 11.9. The van der Waals surface area contributed by atoms with Crippen LogP contribution in [0, 0.1) is 0 Å². The molecule has 17 heavy (non-hydrogen) atoms. The van der Waals surface area contributed by atoms with Gasteiger partial charge in [0.15, 0.2) is 0 Å². The van der Waals surface area contributed by atoms with Gasteiger partial charge in [-0.2, -0.15) is 0 Å². The minimum atomic E-state index is 0.00435. The fourth-order valence-electron chi connectivity index (χ4n) is 2.06. The molecule has 0 saturated carbocycles. The molecule has 0 N–H and O–H groups in total. The van der Waals surface area contributed by atoms with Gasteiger partial charge in [-0.25, -0.2) is 0 Å². The lowest BCUT2D eigenvalue weighted by Gasteiger charge is -2.38. The predicted octanol–water partition coefficient (Wildman–Crippen LogP) is 1.93. The van der Waals surface area contributed by atoms with Gasteiger partial charge in [0.1, 0.15) is 5.76 Å². The zero-order valence-corrected chi connectivity index (χ0v) is 10.1. The number of hydrogen-bond donors (Lipinski definition) is 0. The molecule has 4 nitrogen and oxygen atoms in total. The van der Waals surface area contributed by atoms with Gasteiger partial charge >= 0.3 is 0 Å². The molecule has 1 amide bonds. The van der Waals surface area contributed by atoms with Crippen LogP contribution in [0.15, 0.2) is 28.9 Å². The molecule has 0 aromatic carbocycles. The van der Waals surface area contributed by atoms with Crippen molar-refractivity contribution in [3.8, 4) is 0 Å². The molecule has 1 fully saturated rings. The van der Waals surface area contributed by atoms with Gasteiger partial charge in [0.2, 0.25) is 5.91 Å². The lowest BCUT2D eigenvalue weighted by Crippen LogP contribution is -2.51. The maximum atomic E-state index is 12.1. The number of carbonyl (C=O) groups excluding carboxylic acids is 1. The Hall–Kier alpha value is -1.55. The number of rotatable bonds is 2. The molecule has 2 rings (SSSR count). The van der Waals surface area contributed by atoms with Gasteiger partial charge in [0.05, 0.1) is 31.6 Å². The smallest absolute Gasteiger partial charge is 0.247 e. The average Bonchev–Trinajstić information content (AvgIpc) is 2.79. The van der Waals surface area contributed by atoms with Crippen LogP contribution in [-0.4, -0.2) is 36.1 Å². The highest BCUT2D eigenvalue weighted by Gasteiger charge is 2.28. The van der Waals surface area contributed by atoms with E-state index in [1.807, 2.05) is 24.8 Å². The summed E-state index contributed by atoms with van der Waals surface area (Å²) >= 11 is 0. The first-order chi connectivity index (χ1) is 8.18. The van der Waals surface area contributed by atoms with Crippen LogP contribution in [-0.2, 0) is 9.53 Å². The zero-order chi connectivity index (χ0) is 12.3. The summed E-state index contributed by atoms with van der Waals surface area (Å²) in [6.45, 7) is 5.19. The van der Waals surface area contributed by atoms with E-state index in [0.717, 1.165) is 0 Å². The molecule has 0 bridgehead atoms. The Bertz CT molecular complexity index is 387. The highest BCUT2D eigenvalue weighted by atomic mass is 16.5. The molecule has 2 unspecified atom stereocenters. The van der Waals surface area contributed by atoms with E-state index in [9.17, 15) is 4.79 Å². The molecule has 0 radical (unpaired) electrons. The van der Waals surface area contributed by atoms with Crippen LogP contribution < -0.4 is 0 Å². The van der Waals surface area contributed by atoms with Crippen molar-refractivity contribution in [1.82, 2.24) is 4.90 Å². The first-order valence-electron chi connectivity index (χ1n) is 5.80. The number of morpholine rings is 1. The van der Waals surface area contributed by atoms with E-state index in [2.05, 4.69) is 0 Å². The van der Waals surface area contributed by atoms with E-state index < -0.39 is 0 Å². The van der Waals surface area contributed by atoms with Gasteiger partial charge in [-0.15, -0.1) is 0 Å². The third-order valence-corrected chi connectivity index (χ3v) is 2.86. The Morgan fingerprint density at radius 1 is 1.41 bits per heavy atom. The number of carbonyl (C=O) groups is 1. The van der Waals surface area contributed by atoms with Crippen LogP contribution in [0.2, 0.25) is 0 Å². The van der Waals surface area contributed by atoms with Crippen LogP contribution in [0.4, 0.5) is 0 Å². The van der Waals surface area contributed by atoms with E-state index in [4.69, 9.17) is 9.15 Å². The molecule has 4 heteroatoms. The first-order valence-corrected chi connectivity index (χ1v) is 5.80. The average molecular weight is 235 g/mol. The van der Waals surface area contributed by atoms with Crippen LogP contribution in [0.25, 0.3) is 6.08 Å². The summed E-state index contributed by atoms with van der Waals surface area (Å²) in [5, 5.41) is 0. The van der Waals surface area contributed by atoms with E-state index >= 15 is 0 Å². The number of furan rings is 1. The Balaban J connectivity index is 2.03. The lowest BCUT2D eigenvalue weighted by atomic mass is 10.1. The second-order valence-corrected chi connectivity index (χ2v) is 4.33. The zero-order valence-electron chi connectivity index (χ0n) is 10.1. The monoisotopic (exact) mass is 235 g/mol. The molecule has 1 aromatic rings.